The third-order valence-electron chi connectivity index (χ3n) is 5.69. The highest BCUT2D eigenvalue weighted by Gasteiger charge is 2.46. The SMILES string of the molecule is N[C@H]1[C@@H](O)[C@H](n2cnc3c(NCCc4cnc(N5CCOCC5)s4)ncnc32)O[C@@H]1C(=O)O. The first kappa shape index (κ1) is 21.9. The van der Waals surface area contributed by atoms with Crippen LogP contribution in [0.5, 0.6) is 0 Å². The molecule has 0 bridgehead atoms. The summed E-state index contributed by atoms with van der Waals surface area (Å²) in [6.45, 7) is 3.75. The van der Waals surface area contributed by atoms with Gasteiger partial charge in [0.25, 0.3) is 0 Å². The number of aromatic nitrogens is 5. The largest absolute Gasteiger partial charge is 0.479 e. The number of aliphatic hydroxyl groups excluding tert-OH is 1. The standard InChI is InChI=1S/C19H24N8O5S/c20-11-13(28)17(32-14(11)18(29)30)27-9-25-12-15(23-8-24-16(12)27)21-2-1-10-7-22-19(33-10)26-3-5-31-6-4-26/h7-9,11,13-14,17,28H,1-6,20H2,(H,29,30)(H,21,23,24)/t11-,13+,14-,17+/m0/s1. The minimum Gasteiger partial charge on any atom is -0.479 e. The summed E-state index contributed by atoms with van der Waals surface area (Å²) in [6.07, 6.45) is 1.92. The van der Waals surface area contributed by atoms with Gasteiger partial charge in [0.1, 0.15) is 12.4 Å². The molecule has 13 nitrogen and oxygen atoms in total. The van der Waals surface area contributed by atoms with Crippen molar-refractivity contribution in [3.63, 3.8) is 0 Å². The first-order chi connectivity index (χ1) is 16.0. The summed E-state index contributed by atoms with van der Waals surface area (Å²) in [5, 5.41) is 23.9. The number of fused-ring (bicyclic) bond motifs is 1. The molecule has 0 aromatic carbocycles. The molecule has 3 aromatic heterocycles. The molecule has 0 spiro atoms. The highest BCUT2D eigenvalue weighted by atomic mass is 32.1. The lowest BCUT2D eigenvalue weighted by molar-refractivity contribution is -0.152. The second-order valence-corrected chi connectivity index (χ2v) is 8.88. The van der Waals surface area contributed by atoms with Crippen molar-refractivity contribution in [1.29, 1.82) is 0 Å². The van der Waals surface area contributed by atoms with Crippen LogP contribution in [0.2, 0.25) is 0 Å². The van der Waals surface area contributed by atoms with E-state index in [1.165, 1.54) is 17.2 Å². The van der Waals surface area contributed by atoms with Crippen LogP contribution in [0.3, 0.4) is 0 Å². The molecule has 2 saturated heterocycles. The van der Waals surface area contributed by atoms with E-state index in [1.54, 1.807) is 11.3 Å². The van der Waals surface area contributed by atoms with Crippen molar-refractivity contribution in [1.82, 2.24) is 24.5 Å². The van der Waals surface area contributed by atoms with E-state index in [9.17, 15) is 15.0 Å². The van der Waals surface area contributed by atoms with Crippen molar-refractivity contribution in [2.45, 2.75) is 30.9 Å². The summed E-state index contributed by atoms with van der Waals surface area (Å²) in [7, 11) is 0. The smallest absolute Gasteiger partial charge is 0.334 e. The Balaban J connectivity index is 1.26. The van der Waals surface area contributed by atoms with Crippen LogP contribution >= 0.6 is 11.3 Å². The molecule has 5 heterocycles. The number of aliphatic hydroxyl groups is 1. The first-order valence-electron chi connectivity index (χ1n) is 10.5. The first-order valence-corrected chi connectivity index (χ1v) is 11.4. The maximum absolute atomic E-state index is 11.3. The van der Waals surface area contributed by atoms with Crippen LogP contribution in [0.4, 0.5) is 10.9 Å². The maximum Gasteiger partial charge on any atom is 0.334 e. The predicted molar refractivity (Wildman–Crippen MR) is 118 cm³/mol. The molecule has 0 saturated carbocycles. The van der Waals surface area contributed by atoms with Gasteiger partial charge >= 0.3 is 5.97 Å². The monoisotopic (exact) mass is 476 g/mol. The lowest BCUT2D eigenvalue weighted by atomic mass is 10.1. The Bertz CT molecular complexity index is 1130. The van der Waals surface area contributed by atoms with E-state index in [4.69, 9.17) is 15.2 Å². The zero-order valence-corrected chi connectivity index (χ0v) is 18.4. The van der Waals surface area contributed by atoms with Gasteiger partial charge in [-0.3, -0.25) is 4.57 Å². The number of carboxylic acid groups (broad SMARTS) is 1. The Kier molecular flexibility index (Phi) is 6.07. The molecular formula is C19H24N8O5S. The molecule has 2 aliphatic rings. The molecule has 3 aromatic rings. The van der Waals surface area contributed by atoms with Gasteiger partial charge in [-0.05, 0) is 0 Å². The van der Waals surface area contributed by atoms with Gasteiger partial charge in [-0.15, -0.1) is 11.3 Å². The average Bonchev–Trinajstić information content (AvgIpc) is 3.53. The maximum atomic E-state index is 11.3. The van der Waals surface area contributed by atoms with Gasteiger partial charge in [-0.2, -0.15) is 0 Å². The van der Waals surface area contributed by atoms with Crippen LogP contribution in [0.1, 0.15) is 11.1 Å². The summed E-state index contributed by atoms with van der Waals surface area (Å²) in [5.74, 6) is -0.700. The molecule has 14 heteroatoms. The van der Waals surface area contributed by atoms with Crippen LogP contribution in [0, 0.1) is 0 Å². The molecule has 0 unspecified atom stereocenters. The third-order valence-corrected chi connectivity index (χ3v) is 6.80. The summed E-state index contributed by atoms with van der Waals surface area (Å²) in [5.41, 5.74) is 6.71. The average molecular weight is 477 g/mol. The number of nitrogens with zero attached hydrogens (tertiary/aromatic N) is 6. The number of anilines is 2. The lowest BCUT2D eigenvalue weighted by Crippen LogP contribution is -2.43. The molecule has 5 N–H and O–H groups in total. The molecule has 33 heavy (non-hydrogen) atoms. The Labute approximate surface area is 192 Å². The highest BCUT2D eigenvalue weighted by molar-refractivity contribution is 7.15. The number of nitrogens with one attached hydrogen (secondary N) is 1. The van der Waals surface area contributed by atoms with Crippen LogP contribution in [0.25, 0.3) is 11.2 Å². The molecule has 0 amide bonds. The van der Waals surface area contributed by atoms with Crippen molar-refractivity contribution in [2.75, 3.05) is 43.1 Å². The summed E-state index contributed by atoms with van der Waals surface area (Å²) >= 11 is 1.66. The van der Waals surface area contributed by atoms with Crippen molar-refractivity contribution in [2.24, 2.45) is 5.73 Å². The topological polar surface area (TPSA) is 174 Å². The van der Waals surface area contributed by atoms with E-state index in [-0.39, 0.29) is 0 Å². The molecule has 2 fully saturated rings. The van der Waals surface area contributed by atoms with Gasteiger partial charge < -0.3 is 35.6 Å². The molecule has 4 atom stereocenters. The number of morpholine rings is 1. The number of aliphatic carboxylic acids is 1. The quantitative estimate of drug-likeness (QED) is 0.343. The Morgan fingerprint density at radius 3 is 2.85 bits per heavy atom. The Hall–Kier alpha value is -2.91. The number of hydrogen-bond donors (Lipinski definition) is 4. The summed E-state index contributed by atoms with van der Waals surface area (Å²) in [6, 6.07) is -1.06. The fraction of sp³-hybridized carbons (Fsp3) is 0.526. The Morgan fingerprint density at radius 1 is 1.27 bits per heavy atom. The van der Waals surface area contributed by atoms with E-state index >= 15 is 0 Å². The molecule has 5 rings (SSSR count). The Morgan fingerprint density at radius 2 is 2.09 bits per heavy atom. The normalized spacial score (nSPS) is 25.6. The third kappa shape index (κ3) is 4.22. The zero-order chi connectivity index (χ0) is 22.9. The van der Waals surface area contributed by atoms with Crippen LogP contribution in [0.15, 0.2) is 18.9 Å². The minimum absolute atomic E-state index is 0.405. The van der Waals surface area contributed by atoms with Crippen molar-refractivity contribution < 1.29 is 24.5 Å². The van der Waals surface area contributed by atoms with E-state index in [0.29, 0.717) is 23.5 Å². The number of imidazole rings is 1. The molecule has 176 valence electrons. The van der Waals surface area contributed by atoms with Crippen molar-refractivity contribution in [3.8, 4) is 0 Å². The van der Waals surface area contributed by atoms with Gasteiger partial charge in [-0.1, -0.05) is 0 Å². The van der Waals surface area contributed by atoms with E-state index in [0.717, 1.165) is 42.7 Å². The number of rotatable bonds is 7. The summed E-state index contributed by atoms with van der Waals surface area (Å²) < 4.78 is 12.4. The second-order valence-electron chi connectivity index (χ2n) is 7.79. The van der Waals surface area contributed by atoms with Crippen LogP contribution in [-0.4, -0.2) is 91.8 Å². The van der Waals surface area contributed by atoms with Crippen LogP contribution < -0.4 is 16.0 Å². The van der Waals surface area contributed by atoms with Crippen molar-refractivity contribution in [3.05, 3.63) is 23.7 Å². The number of thiazole rings is 1. The molecule has 2 aliphatic heterocycles. The van der Waals surface area contributed by atoms with Gasteiger partial charge in [0.2, 0.25) is 0 Å². The lowest BCUT2D eigenvalue weighted by Gasteiger charge is -2.25. The van der Waals surface area contributed by atoms with E-state index in [2.05, 4.69) is 30.2 Å². The summed E-state index contributed by atoms with van der Waals surface area (Å²) in [4.78, 5) is 32.1. The van der Waals surface area contributed by atoms with E-state index < -0.39 is 30.4 Å². The van der Waals surface area contributed by atoms with Gasteiger partial charge in [0.05, 0.1) is 25.6 Å². The van der Waals surface area contributed by atoms with Gasteiger partial charge in [0, 0.05) is 37.1 Å². The number of carbonyl (C=O) groups is 1. The van der Waals surface area contributed by atoms with E-state index in [1.807, 2.05) is 6.20 Å². The molecule has 0 radical (unpaired) electrons. The van der Waals surface area contributed by atoms with Gasteiger partial charge in [0.15, 0.2) is 34.4 Å². The number of ether oxygens (including phenoxy) is 2. The van der Waals surface area contributed by atoms with Gasteiger partial charge in [-0.25, -0.2) is 24.7 Å². The minimum atomic E-state index is -1.32. The predicted octanol–water partition coefficient (Wildman–Crippen LogP) is -0.556. The molecule has 0 aliphatic carbocycles. The van der Waals surface area contributed by atoms with Crippen molar-refractivity contribution >= 4 is 39.4 Å². The zero-order valence-electron chi connectivity index (χ0n) is 17.6. The highest BCUT2D eigenvalue weighted by Crippen LogP contribution is 2.31. The van der Waals surface area contributed by atoms with Crippen LogP contribution in [-0.2, 0) is 20.7 Å². The number of hydrogen-bond acceptors (Lipinski definition) is 12. The fourth-order valence-electron chi connectivity index (χ4n) is 3.93. The second kappa shape index (κ2) is 9.15. The fourth-order valence-corrected chi connectivity index (χ4v) is 4.89. The molecular weight excluding hydrogens is 452 g/mol. The number of carboxylic acids is 1. The number of nitrogens with two attached hydrogens (primary N) is 1.